The standard InChI is InChI=1S/C23H27F3N4O4S2/c24-23(25,26)17-7-4-8-18(14-17)36(33,34)29-10-11-30(20(31)15-29)19(13-16-5-2-1-3-6-16)21(32)28-22-27-9-12-35-22/h4,7-9,12,14,16,19H,1-3,5-6,10-11,13,15H2,(H,27,28,32). The van der Waals surface area contributed by atoms with E-state index in [1.54, 1.807) is 11.6 Å². The molecular formula is C23H27F3N4O4S2. The summed E-state index contributed by atoms with van der Waals surface area (Å²) in [5.41, 5.74) is -1.08. The third-order valence-electron chi connectivity index (χ3n) is 6.64. The van der Waals surface area contributed by atoms with Crippen molar-refractivity contribution in [3.63, 3.8) is 0 Å². The maximum atomic E-state index is 13.2. The van der Waals surface area contributed by atoms with Crippen molar-refractivity contribution in [1.29, 1.82) is 0 Å². The van der Waals surface area contributed by atoms with Crippen molar-refractivity contribution in [1.82, 2.24) is 14.2 Å². The molecule has 1 aromatic carbocycles. The van der Waals surface area contributed by atoms with Crippen LogP contribution in [0.1, 0.15) is 44.1 Å². The van der Waals surface area contributed by atoms with Gasteiger partial charge in [0.25, 0.3) is 0 Å². The lowest BCUT2D eigenvalue weighted by Gasteiger charge is -2.39. The summed E-state index contributed by atoms with van der Waals surface area (Å²) in [4.78, 5) is 31.3. The molecule has 1 unspecified atom stereocenters. The molecule has 1 aromatic heterocycles. The number of carbonyl (C=O) groups excluding carboxylic acids is 2. The lowest BCUT2D eigenvalue weighted by Crippen LogP contribution is -2.58. The van der Waals surface area contributed by atoms with Gasteiger partial charge in [-0.05, 0) is 30.5 Å². The molecule has 2 amide bonds. The quantitative estimate of drug-likeness (QED) is 0.569. The number of rotatable bonds is 7. The van der Waals surface area contributed by atoms with Gasteiger partial charge in [-0.1, -0.05) is 38.2 Å². The minimum absolute atomic E-state index is 0.0420. The maximum Gasteiger partial charge on any atom is 0.416 e. The Hall–Kier alpha value is -2.51. The van der Waals surface area contributed by atoms with Gasteiger partial charge in [-0.25, -0.2) is 13.4 Å². The van der Waals surface area contributed by atoms with E-state index in [-0.39, 0.29) is 24.9 Å². The minimum Gasteiger partial charge on any atom is -0.328 e. The molecule has 1 atom stereocenters. The van der Waals surface area contributed by atoms with Gasteiger partial charge in [0.2, 0.25) is 21.8 Å². The fourth-order valence-corrected chi connectivity index (χ4v) is 6.73. The third kappa shape index (κ3) is 6.06. The molecule has 2 aliphatic rings. The predicted octanol–water partition coefficient (Wildman–Crippen LogP) is 3.97. The molecule has 36 heavy (non-hydrogen) atoms. The molecule has 1 saturated heterocycles. The number of sulfonamides is 1. The average Bonchev–Trinajstić information content (AvgIpc) is 3.36. The predicted molar refractivity (Wildman–Crippen MR) is 128 cm³/mol. The molecule has 2 aromatic rings. The molecule has 13 heteroatoms. The van der Waals surface area contributed by atoms with Crippen molar-refractivity contribution in [3.05, 3.63) is 41.4 Å². The highest BCUT2D eigenvalue weighted by atomic mass is 32.2. The number of piperazine rings is 1. The Bertz CT molecular complexity index is 1180. The number of anilines is 1. The number of alkyl halides is 3. The van der Waals surface area contributed by atoms with Crippen LogP contribution in [0.25, 0.3) is 0 Å². The van der Waals surface area contributed by atoms with Crippen LogP contribution in [0, 0.1) is 5.92 Å². The van der Waals surface area contributed by atoms with Gasteiger partial charge >= 0.3 is 6.18 Å². The van der Waals surface area contributed by atoms with Gasteiger partial charge in [0.05, 0.1) is 17.0 Å². The van der Waals surface area contributed by atoms with Crippen LogP contribution >= 0.6 is 11.3 Å². The number of halogens is 3. The van der Waals surface area contributed by atoms with E-state index in [0.717, 1.165) is 54.6 Å². The van der Waals surface area contributed by atoms with Crippen LogP contribution in [0.15, 0.2) is 40.7 Å². The Morgan fingerprint density at radius 2 is 1.94 bits per heavy atom. The van der Waals surface area contributed by atoms with E-state index in [4.69, 9.17) is 0 Å². The molecule has 0 bridgehead atoms. The van der Waals surface area contributed by atoms with Gasteiger partial charge in [0, 0.05) is 24.7 Å². The minimum atomic E-state index is -4.70. The summed E-state index contributed by atoms with van der Waals surface area (Å²) in [6, 6.07) is 2.67. The van der Waals surface area contributed by atoms with Gasteiger partial charge in [-0.15, -0.1) is 11.3 Å². The summed E-state index contributed by atoms with van der Waals surface area (Å²) in [6.07, 6.45) is 2.49. The maximum absolute atomic E-state index is 13.2. The third-order valence-corrected chi connectivity index (χ3v) is 9.17. The number of benzene rings is 1. The number of aromatic nitrogens is 1. The topological polar surface area (TPSA) is 99.7 Å². The second-order valence-corrected chi connectivity index (χ2v) is 11.9. The Labute approximate surface area is 211 Å². The monoisotopic (exact) mass is 544 g/mol. The van der Waals surface area contributed by atoms with Crippen molar-refractivity contribution in [2.45, 2.75) is 55.6 Å². The molecule has 1 aliphatic carbocycles. The molecular weight excluding hydrogens is 517 g/mol. The molecule has 0 spiro atoms. The zero-order chi connectivity index (χ0) is 25.9. The molecule has 2 heterocycles. The van der Waals surface area contributed by atoms with E-state index in [2.05, 4.69) is 10.3 Å². The highest BCUT2D eigenvalue weighted by molar-refractivity contribution is 7.89. The molecule has 1 saturated carbocycles. The second kappa shape index (κ2) is 10.9. The summed E-state index contributed by atoms with van der Waals surface area (Å²) in [5.74, 6) is -0.671. The SMILES string of the molecule is O=C(Nc1nccs1)C(CC1CCCCC1)N1CCN(S(=O)(=O)c2cccc(C(F)(F)F)c2)CC1=O. The van der Waals surface area contributed by atoms with Crippen molar-refractivity contribution < 1.29 is 31.2 Å². The normalized spacial score (nSPS) is 19.3. The van der Waals surface area contributed by atoms with Crippen LogP contribution in [0.4, 0.5) is 18.3 Å². The molecule has 2 fully saturated rings. The lowest BCUT2D eigenvalue weighted by molar-refractivity contribution is -0.142. The molecule has 1 N–H and O–H groups in total. The van der Waals surface area contributed by atoms with Crippen molar-refractivity contribution in [2.75, 3.05) is 25.0 Å². The van der Waals surface area contributed by atoms with Crippen molar-refractivity contribution in [3.8, 4) is 0 Å². The van der Waals surface area contributed by atoms with Crippen molar-refractivity contribution in [2.24, 2.45) is 5.92 Å². The first-order valence-corrected chi connectivity index (χ1v) is 14.0. The fraction of sp³-hybridized carbons (Fsp3) is 0.522. The lowest BCUT2D eigenvalue weighted by atomic mass is 9.84. The summed E-state index contributed by atoms with van der Waals surface area (Å²) in [6.45, 7) is -0.722. The Morgan fingerprint density at radius 1 is 1.19 bits per heavy atom. The number of hydrogen-bond donors (Lipinski definition) is 1. The smallest absolute Gasteiger partial charge is 0.328 e. The number of nitrogens with zero attached hydrogens (tertiary/aromatic N) is 3. The Balaban J connectivity index is 1.51. The summed E-state index contributed by atoms with van der Waals surface area (Å²) < 4.78 is 66.3. The second-order valence-electron chi connectivity index (χ2n) is 9.03. The number of thiazole rings is 1. The fourth-order valence-electron chi connectivity index (χ4n) is 4.77. The van der Waals surface area contributed by atoms with E-state index < -0.39 is 45.2 Å². The highest BCUT2D eigenvalue weighted by Gasteiger charge is 2.40. The first kappa shape index (κ1) is 26.6. The van der Waals surface area contributed by atoms with E-state index in [1.165, 1.54) is 16.2 Å². The van der Waals surface area contributed by atoms with E-state index in [9.17, 15) is 31.2 Å². The van der Waals surface area contributed by atoms with Gasteiger partial charge in [-0.2, -0.15) is 17.5 Å². The van der Waals surface area contributed by atoms with E-state index in [0.29, 0.717) is 17.6 Å². The van der Waals surface area contributed by atoms with Crippen molar-refractivity contribution >= 4 is 38.3 Å². The van der Waals surface area contributed by atoms with E-state index >= 15 is 0 Å². The Morgan fingerprint density at radius 3 is 2.58 bits per heavy atom. The molecule has 196 valence electrons. The van der Waals surface area contributed by atoms with Gasteiger partial charge in [0.1, 0.15) is 6.04 Å². The zero-order valence-corrected chi connectivity index (χ0v) is 21.0. The number of amides is 2. The number of nitrogens with one attached hydrogen (secondary N) is 1. The molecule has 4 rings (SSSR count). The first-order chi connectivity index (χ1) is 17.1. The van der Waals surface area contributed by atoms with Crippen LogP contribution in [0.2, 0.25) is 0 Å². The largest absolute Gasteiger partial charge is 0.416 e. The molecule has 0 radical (unpaired) electrons. The summed E-state index contributed by atoms with van der Waals surface area (Å²) in [7, 11) is -4.34. The summed E-state index contributed by atoms with van der Waals surface area (Å²) in [5, 5.41) is 4.88. The van der Waals surface area contributed by atoms with Gasteiger partial charge in [0.15, 0.2) is 5.13 Å². The van der Waals surface area contributed by atoms with Crippen LogP contribution in [-0.4, -0.2) is 60.1 Å². The zero-order valence-electron chi connectivity index (χ0n) is 19.4. The number of hydrogen-bond acceptors (Lipinski definition) is 6. The average molecular weight is 545 g/mol. The molecule has 1 aliphatic heterocycles. The highest BCUT2D eigenvalue weighted by Crippen LogP contribution is 2.32. The van der Waals surface area contributed by atoms with E-state index in [1.807, 2.05) is 0 Å². The van der Waals surface area contributed by atoms with Crippen LogP contribution in [0.3, 0.4) is 0 Å². The molecule has 8 nitrogen and oxygen atoms in total. The van der Waals surface area contributed by atoms with Crippen LogP contribution in [-0.2, 0) is 25.8 Å². The summed E-state index contributed by atoms with van der Waals surface area (Å²) >= 11 is 1.25. The Kier molecular flexibility index (Phi) is 8.00. The first-order valence-electron chi connectivity index (χ1n) is 11.7. The van der Waals surface area contributed by atoms with Crippen LogP contribution in [0.5, 0.6) is 0 Å². The number of carbonyl (C=O) groups is 2. The van der Waals surface area contributed by atoms with Gasteiger partial charge < -0.3 is 10.2 Å². The van der Waals surface area contributed by atoms with Crippen LogP contribution < -0.4 is 5.32 Å². The van der Waals surface area contributed by atoms with Gasteiger partial charge in [-0.3, -0.25) is 9.59 Å².